The van der Waals surface area contributed by atoms with Gasteiger partial charge in [0.25, 0.3) is 5.91 Å². The second kappa shape index (κ2) is 11.0. The number of carbonyl (C=O) groups is 1. The van der Waals surface area contributed by atoms with Crippen molar-refractivity contribution in [1.29, 1.82) is 5.26 Å². The molecular weight excluding hydrogens is 494 g/mol. The van der Waals surface area contributed by atoms with Crippen LogP contribution >= 0.6 is 11.8 Å². The van der Waals surface area contributed by atoms with E-state index < -0.39 is 0 Å². The number of anilines is 3. The van der Waals surface area contributed by atoms with Crippen LogP contribution in [-0.2, 0) is 0 Å². The molecule has 0 spiro atoms. The number of amides is 1. The van der Waals surface area contributed by atoms with Gasteiger partial charge in [0.15, 0.2) is 0 Å². The number of nitrogens with one attached hydrogen (secondary N) is 2. The highest BCUT2D eigenvalue weighted by molar-refractivity contribution is 7.99. The Kier molecular flexibility index (Phi) is 7.16. The van der Waals surface area contributed by atoms with Crippen molar-refractivity contribution in [3.63, 3.8) is 0 Å². The number of hydrogen-bond acceptors (Lipinski definition) is 8. The summed E-state index contributed by atoms with van der Waals surface area (Å²) in [6.07, 6.45) is 5.65. The predicted octanol–water partition coefficient (Wildman–Crippen LogP) is 4.30. The van der Waals surface area contributed by atoms with E-state index in [4.69, 9.17) is 5.26 Å². The van der Waals surface area contributed by atoms with E-state index in [1.807, 2.05) is 24.3 Å². The van der Waals surface area contributed by atoms with Crippen LogP contribution in [0, 0.1) is 11.3 Å². The Morgan fingerprint density at radius 2 is 1.74 bits per heavy atom. The van der Waals surface area contributed by atoms with Gasteiger partial charge in [-0.25, -0.2) is 9.97 Å². The van der Waals surface area contributed by atoms with Crippen LogP contribution in [0.25, 0.3) is 11.3 Å². The molecule has 1 aromatic heterocycles. The number of nitrogens with zero attached hydrogens (tertiary/aromatic N) is 5. The molecule has 194 valence electrons. The van der Waals surface area contributed by atoms with Crippen molar-refractivity contribution in [1.82, 2.24) is 20.2 Å². The maximum atomic E-state index is 12.0. The number of rotatable bonds is 7. The molecule has 4 heterocycles. The Balaban J connectivity index is 1.05. The Morgan fingerprint density at radius 3 is 2.42 bits per heavy atom. The smallest absolute Gasteiger partial charge is 0.252 e. The molecular formula is C29H31N7OS. The molecule has 1 amide bonds. The molecule has 2 bridgehead atoms. The van der Waals surface area contributed by atoms with Crippen molar-refractivity contribution >= 4 is 35.0 Å². The third kappa shape index (κ3) is 5.19. The molecule has 0 aliphatic carbocycles. The summed E-state index contributed by atoms with van der Waals surface area (Å²) in [6.45, 7) is 2.22. The Labute approximate surface area is 227 Å². The van der Waals surface area contributed by atoms with Gasteiger partial charge in [-0.2, -0.15) is 17.0 Å². The van der Waals surface area contributed by atoms with Gasteiger partial charge >= 0.3 is 0 Å². The van der Waals surface area contributed by atoms with Crippen LogP contribution in [-0.4, -0.2) is 70.0 Å². The van der Waals surface area contributed by atoms with Gasteiger partial charge < -0.3 is 15.5 Å². The average molecular weight is 526 g/mol. The molecule has 2 N–H and O–H groups in total. The number of carbonyl (C=O) groups excluding carboxylic acids is 1. The van der Waals surface area contributed by atoms with E-state index in [1.54, 1.807) is 18.3 Å². The molecule has 0 saturated carbocycles. The minimum absolute atomic E-state index is 0.0140. The fourth-order valence-electron chi connectivity index (χ4n) is 5.86. The summed E-state index contributed by atoms with van der Waals surface area (Å²) in [4.78, 5) is 26.4. The summed E-state index contributed by atoms with van der Waals surface area (Å²) >= 11 is 2.13. The molecule has 3 fully saturated rings. The fraction of sp³-hybridized carbons (Fsp3) is 0.379. The van der Waals surface area contributed by atoms with E-state index in [-0.39, 0.29) is 12.5 Å². The van der Waals surface area contributed by atoms with Crippen LogP contribution in [0.5, 0.6) is 0 Å². The summed E-state index contributed by atoms with van der Waals surface area (Å²) in [5.74, 6) is 2.90. The topological polar surface area (TPSA) is 97.2 Å². The normalized spacial score (nSPS) is 21.3. The van der Waals surface area contributed by atoms with E-state index in [0.29, 0.717) is 11.5 Å². The van der Waals surface area contributed by atoms with E-state index in [9.17, 15) is 4.79 Å². The molecule has 0 radical (unpaired) electrons. The predicted molar refractivity (Wildman–Crippen MR) is 152 cm³/mol. The number of nitriles is 1. The maximum absolute atomic E-state index is 12.0. The van der Waals surface area contributed by atoms with Crippen LogP contribution in [0.3, 0.4) is 0 Å². The number of aromatic nitrogens is 2. The third-order valence-electron chi connectivity index (χ3n) is 7.81. The first kappa shape index (κ1) is 24.7. The summed E-state index contributed by atoms with van der Waals surface area (Å²) in [6, 6.07) is 21.9. The van der Waals surface area contributed by atoms with E-state index in [2.05, 4.69) is 66.4 Å². The highest BCUT2D eigenvalue weighted by Gasteiger charge is 2.45. The zero-order chi connectivity index (χ0) is 25.9. The van der Waals surface area contributed by atoms with Crippen molar-refractivity contribution in [2.45, 2.75) is 37.4 Å². The monoisotopic (exact) mass is 525 g/mol. The third-order valence-corrected chi connectivity index (χ3v) is 9.05. The molecule has 2 aromatic carbocycles. The van der Waals surface area contributed by atoms with Crippen molar-refractivity contribution < 1.29 is 4.79 Å². The minimum atomic E-state index is -0.270. The molecule has 3 saturated heterocycles. The second-order valence-corrected chi connectivity index (χ2v) is 11.2. The van der Waals surface area contributed by atoms with Gasteiger partial charge in [0, 0.05) is 71.4 Å². The van der Waals surface area contributed by atoms with Gasteiger partial charge in [-0.05, 0) is 61.7 Å². The van der Waals surface area contributed by atoms with Gasteiger partial charge in [-0.3, -0.25) is 9.69 Å². The molecule has 9 heteroatoms. The molecule has 6 rings (SSSR count). The summed E-state index contributed by atoms with van der Waals surface area (Å²) in [5.41, 5.74) is 4.35. The van der Waals surface area contributed by atoms with Crippen molar-refractivity contribution in [2.24, 2.45) is 0 Å². The molecule has 3 aromatic rings. The Hall–Kier alpha value is -3.61. The maximum Gasteiger partial charge on any atom is 0.252 e. The summed E-state index contributed by atoms with van der Waals surface area (Å²) < 4.78 is 0. The molecule has 8 nitrogen and oxygen atoms in total. The van der Waals surface area contributed by atoms with Crippen LogP contribution < -0.4 is 15.5 Å². The molecule has 3 aliphatic rings. The van der Waals surface area contributed by atoms with Gasteiger partial charge in [0.1, 0.15) is 6.54 Å². The van der Waals surface area contributed by atoms with Crippen molar-refractivity contribution in [3.05, 3.63) is 66.4 Å². The number of thioether (sulfide) groups is 1. The quantitative estimate of drug-likeness (QED) is 0.441. The van der Waals surface area contributed by atoms with Gasteiger partial charge in [0.05, 0.1) is 11.8 Å². The van der Waals surface area contributed by atoms with Crippen LogP contribution in [0.15, 0.2) is 60.8 Å². The van der Waals surface area contributed by atoms with E-state index in [0.717, 1.165) is 48.2 Å². The van der Waals surface area contributed by atoms with Gasteiger partial charge in [-0.1, -0.05) is 12.1 Å². The largest absolute Gasteiger partial charge is 0.371 e. The van der Waals surface area contributed by atoms with Crippen LogP contribution in [0.2, 0.25) is 0 Å². The Morgan fingerprint density at radius 1 is 1.00 bits per heavy atom. The first-order valence-electron chi connectivity index (χ1n) is 13.2. The second-order valence-electron chi connectivity index (χ2n) is 10.1. The molecule has 38 heavy (non-hydrogen) atoms. The van der Waals surface area contributed by atoms with E-state index >= 15 is 0 Å². The van der Waals surface area contributed by atoms with Gasteiger partial charge in [-0.15, -0.1) is 0 Å². The lowest BCUT2D eigenvalue weighted by molar-refractivity contribution is -0.0152. The lowest BCUT2D eigenvalue weighted by Crippen LogP contribution is -2.66. The lowest BCUT2D eigenvalue weighted by Gasteiger charge is -2.57. The zero-order valence-corrected chi connectivity index (χ0v) is 22.0. The zero-order valence-electron chi connectivity index (χ0n) is 21.2. The van der Waals surface area contributed by atoms with Crippen LogP contribution in [0.4, 0.5) is 17.3 Å². The SMILES string of the molecule is N#CCNC(=O)c1ccc(-c2ccnc(Nc3ccc(N4CCC(N5C6CSCC5C6)CC4)cc3)n2)cc1. The minimum Gasteiger partial charge on any atom is -0.371 e. The fourth-order valence-corrected chi connectivity index (χ4v) is 7.16. The number of fused-ring (bicyclic) bond motifs is 2. The number of piperidine rings is 1. The molecule has 2 atom stereocenters. The summed E-state index contributed by atoms with van der Waals surface area (Å²) in [7, 11) is 0. The van der Waals surface area contributed by atoms with Crippen LogP contribution in [0.1, 0.15) is 29.6 Å². The first-order chi connectivity index (χ1) is 18.7. The van der Waals surface area contributed by atoms with Crippen molar-refractivity contribution in [3.8, 4) is 17.3 Å². The summed E-state index contributed by atoms with van der Waals surface area (Å²) in [5, 5.41) is 14.5. The lowest BCUT2D eigenvalue weighted by atomic mass is 9.88. The van der Waals surface area contributed by atoms with Crippen molar-refractivity contribution in [2.75, 3.05) is 41.4 Å². The molecule has 3 aliphatic heterocycles. The highest BCUT2D eigenvalue weighted by atomic mass is 32.2. The average Bonchev–Trinajstić information content (AvgIpc) is 2.97. The van der Waals surface area contributed by atoms with Gasteiger partial charge in [0.2, 0.25) is 5.95 Å². The van der Waals surface area contributed by atoms with E-state index in [1.165, 1.54) is 36.5 Å². The highest BCUT2D eigenvalue weighted by Crippen LogP contribution is 2.40. The number of benzene rings is 2. The Bertz CT molecular complexity index is 1300. The standard InChI is InChI=1S/C29H31N7OS/c30-12-14-31-28(37)21-3-1-20(2-4-21)27-9-13-32-29(34-27)33-22-5-7-23(8-6-22)35-15-10-24(11-16-35)36-25-17-26(36)19-38-18-25/h1-9,13,24-26H,10-11,14-19H2,(H,31,37)(H,32,33,34). The molecule has 2 unspecified atom stereocenters. The first-order valence-corrected chi connectivity index (χ1v) is 14.4. The number of hydrogen-bond donors (Lipinski definition) is 2.